The van der Waals surface area contributed by atoms with Crippen LogP contribution in [0.1, 0.15) is 26.2 Å². The van der Waals surface area contributed by atoms with Gasteiger partial charge in [0, 0.05) is 19.1 Å². The van der Waals surface area contributed by atoms with Crippen LogP contribution < -0.4 is 0 Å². The lowest BCUT2D eigenvalue weighted by molar-refractivity contribution is 0.0456. The fourth-order valence-electron chi connectivity index (χ4n) is 1.54. The molecule has 2 nitrogen and oxygen atoms in total. The molecule has 0 spiro atoms. The molecule has 0 radical (unpaired) electrons. The van der Waals surface area contributed by atoms with Gasteiger partial charge in [-0.3, -0.25) is 0 Å². The maximum Gasteiger partial charge on any atom is 0.123 e. The summed E-state index contributed by atoms with van der Waals surface area (Å²) < 4.78 is 5.24. The van der Waals surface area contributed by atoms with Gasteiger partial charge in [-0.05, 0) is 18.8 Å². The van der Waals surface area contributed by atoms with Crippen LogP contribution in [0.5, 0.6) is 0 Å². The molecule has 2 atom stereocenters. The molecule has 0 bridgehead atoms. The monoisotopic (exact) mass is 154 g/mol. The van der Waals surface area contributed by atoms with Crippen molar-refractivity contribution in [2.75, 3.05) is 7.11 Å². The molecule has 0 aromatic heterocycles. The Morgan fingerprint density at radius 1 is 1.64 bits per heavy atom. The summed E-state index contributed by atoms with van der Waals surface area (Å²) in [6.45, 7) is 2.16. The summed E-state index contributed by atoms with van der Waals surface area (Å²) in [4.78, 5) is 10.3. The number of ether oxygens (including phenoxy) is 1. The SMILES string of the molecule is COC1CC(=C=O)CCC1C. The predicted octanol–water partition coefficient (Wildman–Crippen LogP) is 1.58. The molecule has 1 saturated carbocycles. The molecule has 2 heteroatoms. The molecule has 1 aliphatic rings. The first-order valence-electron chi connectivity index (χ1n) is 4.03. The van der Waals surface area contributed by atoms with Crippen LogP contribution in [0.4, 0.5) is 0 Å². The molecule has 1 aliphatic carbocycles. The molecule has 0 amide bonds. The Hall–Kier alpha value is -0.590. The minimum atomic E-state index is 0.236. The quantitative estimate of drug-likeness (QED) is 0.536. The number of hydrogen-bond acceptors (Lipinski definition) is 2. The van der Waals surface area contributed by atoms with Crippen molar-refractivity contribution in [2.45, 2.75) is 32.3 Å². The van der Waals surface area contributed by atoms with Crippen LogP contribution in [0.2, 0.25) is 0 Å². The van der Waals surface area contributed by atoms with E-state index in [1.807, 2.05) is 5.94 Å². The van der Waals surface area contributed by atoms with Crippen molar-refractivity contribution in [3.05, 3.63) is 5.57 Å². The van der Waals surface area contributed by atoms with Crippen LogP contribution in [-0.4, -0.2) is 19.2 Å². The number of hydrogen-bond donors (Lipinski definition) is 0. The van der Waals surface area contributed by atoms with E-state index in [-0.39, 0.29) is 6.10 Å². The van der Waals surface area contributed by atoms with Crippen LogP contribution in [0, 0.1) is 5.92 Å². The van der Waals surface area contributed by atoms with Crippen molar-refractivity contribution in [3.63, 3.8) is 0 Å². The van der Waals surface area contributed by atoms with Crippen LogP contribution in [0.15, 0.2) is 5.57 Å². The molecule has 62 valence electrons. The average Bonchev–Trinajstić information content (AvgIpc) is 2.05. The minimum Gasteiger partial charge on any atom is -0.381 e. The van der Waals surface area contributed by atoms with Crippen LogP contribution in [-0.2, 0) is 9.53 Å². The molecule has 0 N–H and O–H groups in total. The summed E-state index contributed by atoms with van der Waals surface area (Å²) in [5, 5.41) is 0. The van der Waals surface area contributed by atoms with E-state index in [4.69, 9.17) is 4.74 Å². The third-order valence-corrected chi connectivity index (χ3v) is 2.43. The Morgan fingerprint density at radius 3 is 2.91 bits per heavy atom. The first kappa shape index (κ1) is 8.51. The minimum absolute atomic E-state index is 0.236. The summed E-state index contributed by atoms with van der Waals surface area (Å²) in [6.07, 6.45) is 2.98. The van der Waals surface area contributed by atoms with Crippen molar-refractivity contribution >= 4 is 5.94 Å². The van der Waals surface area contributed by atoms with Crippen LogP contribution >= 0.6 is 0 Å². The molecular weight excluding hydrogens is 140 g/mol. The largest absolute Gasteiger partial charge is 0.381 e. The summed E-state index contributed by atoms with van der Waals surface area (Å²) in [5.74, 6) is 2.56. The molecular formula is C9H14O2. The molecule has 0 aliphatic heterocycles. The second kappa shape index (κ2) is 3.70. The summed E-state index contributed by atoms with van der Waals surface area (Å²) in [7, 11) is 1.70. The van der Waals surface area contributed by atoms with Crippen molar-refractivity contribution in [1.29, 1.82) is 0 Å². The van der Waals surface area contributed by atoms with Crippen molar-refractivity contribution in [3.8, 4) is 0 Å². The highest BCUT2D eigenvalue weighted by Crippen LogP contribution is 2.28. The molecule has 0 aromatic carbocycles. The Kier molecular flexibility index (Phi) is 2.86. The van der Waals surface area contributed by atoms with Crippen molar-refractivity contribution < 1.29 is 9.53 Å². The first-order valence-corrected chi connectivity index (χ1v) is 4.03. The molecule has 0 heterocycles. The van der Waals surface area contributed by atoms with Gasteiger partial charge in [-0.1, -0.05) is 6.92 Å². The van der Waals surface area contributed by atoms with Gasteiger partial charge in [-0.25, -0.2) is 4.79 Å². The van der Waals surface area contributed by atoms with E-state index in [1.54, 1.807) is 7.11 Å². The van der Waals surface area contributed by atoms with Crippen molar-refractivity contribution in [1.82, 2.24) is 0 Å². The zero-order valence-electron chi connectivity index (χ0n) is 7.09. The first-order chi connectivity index (χ1) is 5.27. The molecule has 1 fully saturated rings. The zero-order valence-corrected chi connectivity index (χ0v) is 7.09. The fourth-order valence-corrected chi connectivity index (χ4v) is 1.54. The number of rotatable bonds is 1. The number of methoxy groups -OCH3 is 1. The molecule has 11 heavy (non-hydrogen) atoms. The maximum absolute atomic E-state index is 10.3. The molecule has 0 aromatic rings. The van der Waals surface area contributed by atoms with E-state index in [9.17, 15) is 4.79 Å². The highest BCUT2D eigenvalue weighted by molar-refractivity contribution is 5.52. The summed E-state index contributed by atoms with van der Waals surface area (Å²) in [5.41, 5.74) is 0.884. The van der Waals surface area contributed by atoms with Gasteiger partial charge >= 0.3 is 0 Å². The van der Waals surface area contributed by atoms with Gasteiger partial charge in [-0.2, -0.15) is 0 Å². The highest BCUT2D eigenvalue weighted by Gasteiger charge is 2.23. The fraction of sp³-hybridized carbons (Fsp3) is 0.778. The van der Waals surface area contributed by atoms with Gasteiger partial charge in [0.2, 0.25) is 0 Å². The van der Waals surface area contributed by atoms with Crippen LogP contribution in [0.25, 0.3) is 0 Å². The normalized spacial score (nSPS) is 31.6. The highest BCUT2D eigenvalue weighted by atomic mass is 16.5. The summed E-state index contributed by atoms with van der Waals surface area (Å²) >= 11 is 0. The average molecular weight is 154 g/mol. The van der Waals surface area contributed by atoms with Gasteiger partial charge in [0.05, 0.1) is 6.10 Å². The third-order valence-electron chi connectivity index (χ3n) is 2.43. The smallest absolute Gasteiger partial charge is 0.123 e. The van der Waals surface area contributed by atoms with Crippen LogP contribution in [0.3, 0.4) is 0 Å². The molecule has 2 unspecified atom stereocenters. The van der Waals surface area contributed by atoms with Gasteiger partial charge in [0.15, 0.2) is 0 Å². The second-order valence-electron chi connectivity index (χ2n) is 3.20. The predicted molar refractivity (Wildman–Crippen MR) is 43.0 cm³/mol. The van der Waals surface area contributed by atoms with Gasteiger partial charge in [0.1, 0.15) is 5.94 Å². The lowest BCUT2D eigenvalue weighted by Crippen LogP contribution is -2.25. The van der Waals surface area contributed by atoms with Gasteiger partial charge in [0.25, 0.3) is 0 Å². The molecule has 1 rings (SSSR count). The second-order valence-corrected chi connectivity index (χ2v) is 3.20. The standard InChI is InChI=1S/C9H14O2/c1-7-3-4-8(6-10)5-9(7)11-2/h7,9H,3-5H2,1-2H3. The summed E-state index contributed by atoms with van der Waals surface area (Å²) in [6, 6.07) is 0. The third kappa shape index (κ3) is 1.92. The van der Waals surface area contributed by atoms with E-state index in [1.165, 1.54) is 0 Å². The Bertz CT molecular complexity index is 180. The lowest BCUT2D eigenvalue weighted by atomic mass is 9.85. The van der Waals surface area contributed by atoms with E-state index < -0.39 is 0 Å². The van der Waals surface area contributed by atoms with Crippen molar-refractivity contribution in [2.24, 2.45) is 5.92 Å². The van der Waals surface area contributed by atoms with E-state index in [0.717, 1.165) is 24.8 Å². The Labute approximate surface area is 67.2 Å². The topological polar surface area (TPSA) is 26.3 Å². The lowest BCUT2D eigenvalue weighted by Gasteiger charge is -2.27. The Morgan fingerprint density at radius 2 is 2.36 bits per heavy atom. The molecule has 0 saturated heterocycles. The van der Waals surface area contributed by atoms with Gasteiger partial charge in [-0.15, -0.1) is 0 Å². The zero-order chi connectivity index (χ0) is 8.27. The maximum atomic E-state index is 10.3. The Balaban J connectivity index is 2.58. The van der Waals surface area contributed by atoms with E-state index in [2.05, 4.69) is 6.92 Å². The van der Waals surface area contributed by atoms with E-state index >= 15 is 0 Å². The van der Waals surface area contributed by atoms with Gasteiger partial charge < -0.3 is 4.74 Å². The number of carbonyl (C=O) groups excluding carboxylic acids is 1. The van der Waals surface area contributed by atoms with E-state index in [0.29, 0.717) is 5.92 Å².